The first-order valence-corrected chi connectivity index (χ1v) is 11.0. The maximum Gasteiger partial charge on any atom is 0.319 e. The van der Waals surface area contributed by atoms with Crippen LogP contribution in [0.25, 0.3) is 5.82 Å². The molecular formula is C23H29N5OS. The summed E-state index contributed by atoms with van der Waals surface area (Å²) in [5.41, 5.74) is 4.79. The highest BCUT2D eigenvalue weighted by atomic mass is 32.2. The first-order valence-electron chi connectivity index (χ1n) is 10.2. The molecule has 30 heavy (non-hydrogen) atoms. The van der Waals surface area contributed by atoms with Gasteiger partial charge in [-0.25, -0.2) is 14.5 Å². The molecule has 158 valence electrons. The molecule has 0 saturated carbocycles. The number of rotatable bonds is 7. The molecule has 0 radical (unpaired) electrons. The average molecular weight is 424 g/mol. The van der Waals surface area contributed by atoms with Crippen LogP contribution in [0.15, 0.2) is 47.5 Å². The third-order valence-corrected chi connectivity index (χ3v) is 6.11. The molecule has 3 aromatic rings. The normalized spacial score (nSPS) is 11.9. The summed E-state index contributed by atoms with van der Waals surface area (Å²) in [5.74, 6) is 0.764. The Kier molecular flexibility index (Phi) is 7.15. The second-order valence-corrected chi connectivity index (χ2v) is 9.00. The van der Waals surface area contributed by atoms with Gasteiger partial charge in [0.05, 0.1) is 5.69 Å². The molecule has 0 aliphatic heterocycles. The number of carbonyl (C=O) groups excluding carboxylic acids is 1. The zero-order valence-electron chi connectivity index (χ0n) is 18.2. The number of aromatic nitrogens is 3. The van der Waals surface area contributed by atoms with Crippen molar-refractivity contribution in [2.24, 2.45) is 0 Å². The van der Waals surface area contributed by atoms with Crippen LogP contribution in [0.1, 0.15) is 42.8 Å². The predicted octanol–water partition coefficient (Wildman–Crippen LogP) is 5.40. The lowest BCUT2D eigenvalue weighted by Crippen LogP contribution is -2.28. The zero-order valence-corrected chi connectivity index (χ0v) is 19.0. The number of amides is 2. The first-order chi connectivity index (χ1) is 14.4. The lowest BCUT2D eigenvalue weighted by molar-refractivity contribution is 0.251. The summed E-state index contributed by atoms with van der Waals surface area (Å²) in [4.78, 5) is 18.0. The number of aryl methyl sites for hydroxylation is 3. The topological polar surface area (TPSA) is 71.8 Å². The van der Waals surface area contributed by atoms with Gasteiger partial charge in [0.2, 0.25) is 0 Å². The van der Waals surface area contributed by atoms with Crippen LogP contribution >= 0.6 is 11.8 Å². The highest BCUT2D eigenvalue weighted by molar-refractivity contribution is 7.99. The van der Waals surface area contributed by atoms with Crippen molar-refractivity contribution in [3.05, 3.63) is 65.1 Å². The second kappa shape index (κ2) is 9.80. The Morgan fingerprint density at radius 2 is 1.97 bits per heavy atom. The number of anilines is 1. The van der Waals surface area contributed by atoms with E-state index in [-0.39, 0.29) is 6.03 Å². The molecule has 2 N–H and O–H groups in total. The molecule has 0 aliphatic rings. The fourth-order valence-corrected chi connectivity index (χ4v) is 4.04. The first kappa shape index (κ1) is 21.9. The van der Waals surface area contributed by atoms with Gasteiger partial charge in [-0.3, -0.25) is 0 Å². The lowest BCUT2D eigenvalue weighted by Gasteiger charge is -2.13. The molecule has 0 bridgehead atoms. The van der Waals surface area contributed by atoms with Gasteiger partial charge in [-0.1, -0.05) is 19.9 Å². The number of urea groups is 1. The Morgan fingerprint density at radius 1 is 1.17 bits per heavy atom. The highest BCUT2D eigenvalue weighted by Crippen LogP contribution is 2.28. The number of benzene rings is 1. The third kappa shape index (κ3) is 5.63. The minimum atomic E-state index is -0.233. The summed E-state index contributed by atoms with van der Waals surface area (Å²) in [5, 5.41) is 10.8. The largest absolute Gasteiger partial charge is 0.334 e. The quantitative estimate of drug-likeness (QED) is 0.499. The van der Waals surface area contributed by atoms with Gasteiger partial charge in [0, 0.05) is 34.3 Å². The van der Waals surface area contributed by atoms with Gasteiger partial charge >= 0.3 is 6.03 Å². The van der Waals surface area contributed by atoms with Crippen LogP contribution in [-0.2, 0) is 6.54 Å². The van der Waals surface area contributed by atoms with Crippen molar-refractivity contribution in [2.75, 3.05) is 5.32 Å². The van der Waals surface area contributed by atoms with Crippen LogP contribution < -0.4 is 10.6 Å². The van der Waals surface area contributed by atoms with Gasteiger partial charge in [-0.15, -0.1) is 11.8 Å². The van der Waals surface area contributed by atoms with Gasteiger partial charge in [0.15, 0.2) is 5.82 Å². The summed E-state index contributed by atoms with van der Waals surface area (Å²) in [6, 6.07) is 11.8. The van der Waals surface area contributed by atoms with Gasteiger partial charge in [0.1, 0.15) is 0 Å². The molecule has 0 spiro atoms. The number of carbonyl (C=O) groups is 1. The molecule has 1 unspecified atom stereocenters. The van der Waals surface area contributed by atoms with Crippen molar-refractivity contribution in [3.63, 3.8) is 0 Å². The van der Waals surface area contributed by atoms with Crippen LogP contribution in [0.5, 0.6) is 0 Å². The number of hydrogen-bond acceptors (Lipinski definition) is 4. The zero-order chi connectivity index (χ0) is 21.7. The summed E-state index contributed by atoms with van der Waals surface area (Å²) in [6.07, 6.45) is 2.89. The summed E-state index contributed by atoms with van der Waals surface area (Å²) >= 11 is 1.85. The molecule has 0 saturated heterocycles. The number of nitrogens with one attached hydrogen (secondary N) is 2. The van der Waals surface area contributed by atoms with E-state index in [4.69, 9.17) is 0 Å². The van der Waals surface area contributed by atoms with Crippen LogP contribution in [0, 0.1) is 20.8 Å². The summed E-state index contributed by atoms with van der Waals surface area (Å²) < 4.78 is 1.81. The van der Waals surface area contributed by atoms with E-state index in [0.717, 1.165) is 40.4 Å². The molecule has 0 fully saturated rings. The minimum Gasteiger partial charge on any atom is -0.334 e. The lowest BCUT2D eigenvalue weighted by atomic mass is 10.2. The van der Waals surface area contributed by atoms with Crippen LogP contribution in [0.3, 0.4) is 0 Å². The molecule has 6 nitrogen and oxygen atoms in total. The predicted molar refractivity (Wildman–Crippen MR) is 123 cm³/mol. The smallest absolute Gasteiger partial charge is 0.319 e. The van der Waals surface area contributed by atoms with Crippen molar-refractivity contribution in [1.82, 2.24) is 20.1 Å². The Balaban J connectivity index is 1.55. The monoisotopic (exact) mass is 423 g/mol. The van der Waals surface area contributed by atoms with E-state index < -0.39 is 0 Å². The Labute approximate surface area is 182 Å². The Bertz CT molecular complexity index is 1010. The molecule has 2 heterocycles. The van der Waals surface area contributed by atoms with E-state index >= 15 is 0 Å². The molecule has 1 atom stereocenters. The molecule has 2 amide bonds. The fraction of sp³-hybridized carbons (Fsp3) is 0.348. The van der Waals surface area contributed by atoms with Gasteiger partial charge in [-0.2, -0.15) is 5.10 Å². The van der Waals surface area contributed by atoms with E-state index in [1.54, 1.807) is 6.20 Å². The fourth-order valence-electron chi connectivity index (χ4n) is 3.02. The number of nitrogens with zero attached hydrogens (tertiary/aromatic N) is 3. The standard InChI is InChI=1S/C23H29N5OS/c1-6-18(5)30-20-8-9-21(15(2)11-20)26-23(29)25-14-19-7-10-22(24-13-19)28-17(4)12-16(3)27-28/h7-13,18H,6,14H2,1-5H3,(H2,25,26,29). The van der Waals surface area contributed by atoms with Gasteiger partial charge in [-0.05, 0) is 68.7 Å². The molecule has 3 rings (SSSR count). The molecule has 7 heteroatoms. The minimum absolute atomic E-state index is 0.233. The average Bonchev–Trinajstić information content (AvgIpc) is 3.06. The van der Waals surface area contributed by atoms with E-state index in [1.165, 1.54) is 4.90 Å². The third-order valence-electron chi connectivity index (χ3n) is 4.85. The number of pyridine rings is 1. The SMILES string of the molecule is CCC(C)Sc1ccc(NC(=O)NCc2ccc(-n3nc(C)cc3C)nc2)c(C)c1. The van der Waals surface area contributed by atoms with E-state index in [0.29, 0.717) is 11.8 Å². The van der Waals surface area contributed by atoms with E-state index in [2.05, 4.69) is 46.7 Å². The van der Waals surface area contributed by atoms with Crippen LogP contribution in [0.2, 0.25) is 0 Å². The van der Waals surface area contributed by atoms with Crippen molar-refractivity contribution in [3.8, 4) is 5.82 Å². The maximum atomic E-state index is 12.3. The van der Waals surface area contributed by atoms with Gasteiger partial charge < -0.3 is 10.6 Å². The molecular weight excluding hydrogens is 394 g/mol. The van der Waals surface area contributed by atoms with Gasteiger partial charge in [0.25, 0.3) is 0 Å². The number of hydrogen-bond donors (Lipinski definition) is 2. The second-order valence-electron chi connectivity index (χ2n) is 7.48. The van der Waals surface area contributed by atoms with Crippen LogP contribution in [-0.4, -0.2) is 26.0 Å². The molecule has 0 aliphatic carbocycles. The van der Waals surface area contributed by atoms with E-state index in [9.17, 15) is 4.79 Å². The van der Waals surface area contributed by atoms with Crippen molar-refractivity contribution >= 4 is 23.5 Å². The Morgan fingerprint density at radius 3 is 2.57 bits per heavy atom. The number of thioether (sulfide) groups is 1. The van der Waals surface area contributed by atoms with Crippen LogP contribution in [0.4, 0.5) is 10.5 Å². The summed E-state index contributed by atoms with van der Waals surface area (Å²) in [6.45, 7) is 10.8. The van der Waals surface area contributed by atoms with Crippen molar-refractivity contribution in [1.29, 1.82) is 0 Å². The summed E-state index contributed by atoms with van der Waals surface area (Å²) in [7, 11) is 0. The van der Waals surface area contributed by atoms with Crippen molar-refractivity contribution < 1.29 is 4.79 Å². The maximum absolute atomic E-state index is 12.3. The molecule has 1 aromatic carbocycles. The molecule has 2 aromatic heterocycles. The highest BCUT2D eigenvalue weighted by Gasteiger charge is 2.08. The Hall–Kier alpha value is -2.80. The van der Waals surface area contributed by atoms with E-state index in [1.807, 2.05) is 61.5 Å². The van der Waals surface area contributed by atoms with Crippen molar-refractivity contribution in [2.45, 2.75) is 57.7 Å².